The summed E-state index contributed by atoms with van der Waals surface area (Å²) in [4.78, 5) is 0. The molecule has 0 saturated carbocycles. The summed E-state index contributed by atoms with van der Waals surface area (Å²) in [6.07, 6.45) is 0. The Bertz CT molecular complexity index is 65.0. The minimum atomic E-state index is 0.0110. The van der Waals surface area contributed by atoms with Gasteiger partial charge in [-0.3, -0.25) is 0 Å². The average molecular weight is 193 g/mol. The monoisotopic (exact) mass is 192 g/mol. The molecule has 2 heteroatoms. The van der Waals surface area contributed by atoms with Gasteiger partial charge in [-0.1, -0.05) is 0 Å². The normalized spacial score (nSPS) is 20.8. The Hall–Kier alpha value is 0.728. The summed E-state index contributed by atoms with van der Waals surface area (Å²) in [5, 5.41) is 0. The Morgan fingerprint density at radius 3 is 2.80 bits per heavy atom. The van der Waals surface area contributed by atoms with Gasteiger partial charge >= 0.3 is 43.4 Å². The molecule has 0 aromatic carbocycles. The molecule has 1 rings (SSSR count). The molecule has 0 fully saturated rings. The predicted octanol–water partition coefficient (Wildman–Crippen LogP) is 0.614. The van der Waals surface area contributed by atoms with Gasteiger partial charge in [0.2, 0.25) is 0 Å². The first-order valence-corrected chi connectivity index (χ1v) is 5.76. The molecule has 0 unspecified atom stereocenters. The standard InChI is InChI=1S/C3H3P.Sb.H/c1-3-4-2;;/h1-3H;;. The number of hydrogen-bond acceptors (Lipinski definition) is 0. The zero-order chi connectivity index (χ0) is 3.54. The van der Waals surface area contributed by atoms with Crippen molar-refractivity contribution in [1.29, 1.82) is 0 Å². The third-order valence-electron chi connectivity index (χ3n) is 0.406. The SMILES string of the molecule is C1=[CH][SbH][CH]=P1. The second-order valence-electron chi connectivity index (χ2n) is 0.761. The van der Waals surface area contributed by atoms with Crippen LogP contribution in [-0.2, 0) is 0 Å². The van der Waals surface area contributed by atoms with E-state index in [1.165, 1.54) is 8.20 Å². The van der Waals surface area contributed by atoms with E-state index in [0.29, 0.717) is 0 Å². The van der Waals surface area contributed by atoms with Crippen LogP contribution in [0.25, 0.3) is 0 Å². The molecule has 0 nitrogen and oxygen atoms in total. The van der Waals surface area contributed by atoms with Crippen molar-refractivity contribution >= 4 is 33.6 Å². The van der Waals surface area contributed by atoms with Gasteiger partial charge in [0, 0.05) is 0 Å². The zero-order valence-corrected chi connectivity index (χ0v) is 6.43. The third kappa shape index (κ3) is 1.07. The molecule has 5 heavy (non-hydrogen) atoms. The van der Waals surface area contributed by atoms with Crippen LogP contribution in [0.4, 0.5) is 0 Å². The van der Waals surface area contributed by atoms with Crippen LogP contribution in [0.1, 0.15) is 0 Å². The molecular formula is C3H4PSb. The molecule has 0 saturated heterocycles. The Kier molecular flexibility index (Phi) is 1.56. The van der Waals surface area contributed by atoms with Gasteiger partial charge in [-0.15, -0.1) is 0 Å². The second-order valence-corrected chi connectivity index (χ2v) is 5.73. The van der Waals surface area contributed by atoms with Gasteiger partial charge in [0.25, 0.3) is 0 Å². The fourth-order valence-electron chi connectivity index (χ4n) is 0.215. The van der Waals surface area contributed by atoms with E-state index in [4.69, 9.17) is 0 Å². The van der Waals surface area contributed by atoms with Crippen LogP contribution < -0.4 is 0 Å². The van der Waals surface area contributed by atoms with Crippen molar-refractivity contribution in [3.05, 3.63) is 9.84 Å². The van der Waals surface area contributed by atoms with E-state index in [9.17, 15) is 0 Å². The van der Waals surface area contributed by atoms with Crippen LogP contribution in [0.2, 0.25) is 0 Å². The van der Waals surface area contributed by atoms with Gasteiger partial charge in [-0.25, -0.2) is 0 Å². The van der Waals surface area contributed by atoms with Crippen LogP contribution in [0, 0.1) is 0 Å². The van der Waals surface area contributed by atoms with Crippen LogP contribution in [0.5, 0.6) is 0 Å². The second kappa shape index (κ2) is 2.00. The Morgan fingerprint density at radius 2 is 2.60 bits per heavy atom. The topological polar surface area (TPSA) is 0 Å². The molecule has 0 spiro atoms. The first-order valence-electron chi connectivity index (χ1n) is 1.43. The van der Waals surface area contributed by atoms with E-state index in [2.05, 4.69) is 13.6 Å². The molecular weight excluding hydrogens is 189 g/mol. The Morgan fingerprint density at radius 1 is 1.60 bits per heavy atom. The van der Waals surface area contributed by atoms with Crippen molar-refractivity contribution in [3.63, 3.8) is 0 Å². The molecule has 1 heterocycles. The van der Waals surface area contributed by atoms with E-state index in [1.807, 2.05) is 0 Å². The summed E-state index contributed by atoms with van der Waals surface area (Å²) in [5.74, 6) is 2.23. The predicted molar refractivity (Wildman–Crippen MR) is 29.3 cm³/mol. The summed E-state index contributed by atoms with van der Waals surface area (Å²) in [7, 11) is 1.46. The Balaban J connectivity index is 2.61. The molecule has 1 aliphatic rings. The fraction of sp³-hybridized carbons (Fsp3) is 0. The summed E-state index contributed by atoms with van der Waals surface area (Å²) in [6, 6.07) is 0. The molecule has 0 aliphatic carbocycles. The fourth-order valence-corrected chi connectivity index (χ4v) is 4.33. The summed E-state index contributed by atoms with van der Waals surface area (Å²) in [5.41, 5.74) is 0. The van der Waals surface area contributed by atoms with Gasteiger partial charge in [0.15, 0.2) is 0 Å². The summed E-state index contributed by atoms with van der Waals surface area (Å²) >= 11 is 0.0110. The summed E-state index contributed by atoms with van der Waals surface area (Å²) in [6.45, 7) is 0. The van der Waals surface area contributed by atoms with Crippen molar-refractivity contribution in [2.75, 3.05) is 0 Å². The van der Waals surface area contributed by atoms with Gasteiger partial charge in [0.05, 0.1) is 0 Å². The van der Waals surface area contributed by atoms with Crippen molar-refractivity contribution in [2.24, 2.45) is 0 Å². The summed E-state index contributed by atoms with van der Waals surface area (Å²) < 4.78 is 4.73. The van der Waals surface area contributed by atoms with E-state index in [0.717, 1.165) is 0 Å². The maximum atomic E-state index is 2.39. The van der Waals surface area contributed by atoms with Crippen molar-refractivity contribution < 1.29 is 0 Å². The molecule has 0 aromatic rings. The third-order valence-corrected chi connectivity index (χ3v) is 5.40. The minimum absolute atomic E-state index is 0.0110. The van der Waals surface area contributed by atoms with E-state index in [1.54, 1.807) is 0 Å². The molecule has 0 bridgehead atoms. The molecule has 0 atom stereocenters. The van der Waals surface area contributed by atoms with E-state index >= 15 is 0 Å². The van der Waals surface area contributed by atoms with Gasteiger partial charge in [0.1, 0.15) is 0 Å². The van der Waals surface area contributed by atoms with E-state index in [-0.39, 0.29) is 21.6 Å². The maximum absolute atomic E-state index is 2.39. The van der Waals surface area contributed by atoms with Gasteiger partial charge in [-0.2, -0.15) is 0 Å². The van der Waals surface area contributed by atoms with Crippen LogP contribution in [0.3, 0.4) is 0 Å². The molecule has 1 aliphatic heterocycles. The van der Waals surface area contributed by atoms with E-state index < -0.39 is 0 Å². The Labute approximate surface area is 43.6 Å². The first kappa shape index (κ1) is 3.90. The van der Waals surface area contributed by atoms with Crippen LogP contribution in [-0.4, -0.2) is 25.4 Å². The molecule has 0 radical (unpaired) electrons. The quantitative estimate of drug-likeness (QED) is 0.390. The number of hydrogen-bond donors (Lipinski definition) is 0. The molecule has 0 amide bonds. The molecule has 0 aromatic heterocycles. The van der Waals surface area contributed by atoms with Gasteiger partial charge in [-0.05, 0) is 0 Å². The van der Waals surface area contributed by atoms with Gasteiger partial charge < -0.3 is 0 Å². The average Bonchev–Trinajstić information content (AvgIpc) is 1.76. The first-order chi connectivity index (χ1) is 2.50. The number of rotatable bonds is 0. The van der Waals surface area contributed by atoms with Crippen molar-refractivity contribution in [1.82, 2.24) is 0 Å². The van der Waals surface area contributed by atoms with Crippen molar-refractivity contribution in [3.8, 4) is 0 Å². The van der Waals surface area contributed by atoms with Crippen molar-refractivity contribution in [2.45, 2.75) is 0 Å². The van der Waals surface area contributed by atoms with Crippen LogP contribution >= 0.6 is 8.20 Å². The molecule has 0 N–H and O–H groups in total. The van der Waals surface area contributed by atoms with Crippen LogP contribution in [0.15, 0.2) is 9.84 Å². The zero-order valence-electron chi connectivity index (χ0n) is 2.68. The molecule has 26 valence electrons.